The highest BCUT2D eigenvalue weighted by Crippen LogP contribution is 2.21. The molecule has 1 amide bonds. The average molecular weight is 301 g/mol. The van der Waals surface area contributed by atoms with Crippen molar-refractivity contribution in [2.75, 3.05) is 26.0 Å². The largest absolute Gasteiger partial charge is 0.392 e. The Morgan fingerprint density at radius 2 is 2.18 bits per heavy atom. The van der Waals surface area contributed by atoms with Gasteiger partial charge in [0.2, 0.25) is 5.91 Å². The maximum Gasteiger partial charge on any atom is 0.225 e. The molecule has 0 saturated carbocycles. The van der Waals surface area contributed by atoms with Crippen LogP contribution in [0.4, 0.5) is 5.69 Å². The minimum absolute atomic E-state index is 0.0456. The first kappa shape index (κ1) is 14.2. The lowest BCUT2D eigenvalue weighted by molar-refractivity contribution is -0.116. The second-order valence-corrected chi connectivity index (χ2v) is 4.98. The summed E-state index contributed by atoms with van der Waals surface area (Å²) in [5.74, 6) is -0.0456. The van der Waals surface area contributed by atoms with E-state index < -0.39 is 0 Å². The first-order chi connectivity index (χ1) is 8.02. The fourth-order valence-electron chi connectivity index (χ4n) is 1.35. The number of hydrogen-bond donors (Lipinski definition) is 2. The van der Waals surface area contributed by atoms with Gasteiger partial charge in [-0.15, -0.1) is 0 Å². The topological polar surface area (TPSA) is 52.6 Å². The molecule has 0 radical (unpaired) electrons. The number of rotatable bonds is 5. The van der Waals surface area contributed by atoms with Crippen LogP contribution in [0, 0.1) is 0 Å². The van der Waals surface area contributed by atoms with E-state index in [9.17, 15) is 9.90 Å². The van der Waals surface area contributed by atoms with Gasteiger partial charge in [-0.2, -0.15) is 0 Å². The molecular weight excluding hydrogens is 284 g/mol. The van der Waals surface area contributed by atoms with Gasteiger partial charge in [-0.3, -0.25) is 4.79 Å². The zero-order valence-corrected chi connectivity index (χ0v) is 11.6. The first-order valence-electron chi connectivity index (χ1n) is 5.37. The van der Waals surface area contributed by atoms with E-state index in [2.05, 4.69) is 21.2 Å². The molecule has 2 N–H and O–H groups in total. The van der Waals surface area contributed by atoms with Crippen LogP contribution in [-0.2, 0) is 11.4 Å². The number of anilines is 1. The zero-order chi connectivity index (χ0) is 12.8. The number of aliphatic hydroxyl groups is 1. The third kappa shape index (κ3) is 4.85. The summed E-state index contributed by atoms with van der Waals surface area (Å²) in [7, 11) is 3.85. The summed E-state index contributed by atoms with van der Waals surface area (Å²) in [6, 6.07) is 5.41. The Morgan fingerprint density at radius 1 is 1.47 bits per heavy atom. The third-order valence-electron chi connectivity index (χ3n) is 2.30. The van der Waals surface area contributed by atoms with Gasteiger partial charge < -0.3 is 15.3 Å². The number of carbonyl (C=O) groups excluding carboxylic acids is 1. The highest BCUT2D eigenvalue weighted by molar-refractivity contribution is 9.10. The van der Waals surface area contributed by atoms with Gasteiger partial charge in [0.05, 0.1) is 6.61 Å². The van der Waals surface area contributed by atoms with Crippen LogP contribution in [0.3, 0.4) is 0 Å². The highest BCUT2D eigenvalue weighted by Gasteiger charge is 2.07. The smallest absolute Gasteiger partial charge is 0.225 e. The molecule has 1 aromatic carbocycles. The molecule has 1 aromatic rings. The molecule has 0 bridgehead atoms. The van der Waals surface area contributed by atoms with Gasteiger partial charge in [0.25, 0.3) is 0 Å². The quantitative estimate of drug-likeness (QED) is 0.872. The van der Waals surface area contributed by atoms with Gasteiger partial charge in [0.15, 0.2) is 0 Å². The molecule has 0 aliphatic rings. The molecule has 4 nitrogen and oxygen atoms in total. The van der Waals surface area contributed by atoms with Crippen molar-refractivity contribution < 1.29 is 9.90 Å². The number of halogens is 1. The Labute approximate surface area is 110 Å². The van der Waals surface area contributed by atoms with Crippen molar-refractivity contribution in [2.24, 2.45) is 0 Å². The SMILES string of the molecule is CN(C)CCC(=O)Nc1ccc(Br)cc1CO. The maximum atomic E-state index is 11.6. The Hall–Kier alpha value is -0.910. The Morgan fingerprint density at radius 3 is 2.76 bits per heavy atom. The summed E-state index contributed by atoms with van der Waals surface area (Å²) in [6.45, 7) is 0.611. The third-order valence-corrected chi connectivity index (χ3v) is 2.79. The van der Waals surface area contributed by atoms with Crippen LogP contribution in [0.2, 0.25) is 0 Å². The summed E-state index contributed by atoms with van der Waals surface area (Å²) in [5.41, 5.74) is 1.37. The van der Waals surface area contributed by atoms with Gasteiger partial charge in [-0.1, -0.05) is 15.9 Å². The maximum absolute atomic E-state index is 11.6. The van der Waals surface area contributed by atoms with Gasteiger partial charge in [-0.05, 0) is 32.3 Å². The lowest BCUT2D eigenvalue weighted by Crippen LogP contribution is -2.21. The molecule has 0 aliphatic carbocycles. The minimum Gasteiger partial charge on any atom is -0.392 e. The van der Waals surface area contributed by atoms with Crippen molar-refractivity contribution in [1.29, 1.82) is 0 Å². The number of carbonyl (C=O) groups is 1. The average Bonchev–Trinajstić information content (AvgIpc) is 2.28. The van der Waals surface area contributed by atoms with Crippen molar-refractivity contribution >= 4 is 27.5 Å². The summed E-state index contributed by atoms with van der Waals surface area (Å²) in [6.07, 6.45) is 0.438. The van der Waals surface area contributed by atoms with Crippen LogP contribution in [0.1, 0.15) is 12.0 Å². The normalized spacial score (nSPS) is 10.6. The van der Waals surface area contributed by atoms with Gasteiger partial charge in [0, 0.05) is 28.7 Å². The fourth-order valence-corrected chi connectivity index (χ4v) is 1.76. The van der Waals surface area contributed by atoms with Gasteiger partial charge in [-0.25, -0.2) is 0 Å². The molecule has 0 aromatic heterocycles. The van der Waals surface area contributed by atoms with Crippen molar-refractivity contribution in [1.82, 2.24) is 4.90 Å². The van der Waals surface area contributed by atoms with Gasteiger partial charge >= 0.3 is 0 Å². The molecule has 1 rings (SSSR count). The minimum atomic E-state index is -0.0945. The first-order valence-corrected chi connectivity index (χ1v) is 6.16. The van der Waals surface area contributed by atoms with Crippen molar-refractivity contribution in [3.05, 3.63) is 28.2 Å². The van der Waals surface area contributed by atoms with Crippen LogP contribution < -0.4 is 5.32 Å². The lowest BCUT2D eigenvalue weighted by Gasteiger charge is -2.12. The molecule has 0 unspecified atom stereocenters. The molecule has 0 aliphatic heterocycles. The summed E-state index contributed by atoms with van der Waals surface area (Å²) >= 11 is 3.32. The molecule has 0 fully saturated rings. The summed E-state index contributed by atoms with van der Waals surface area (Å²) in [4.78, 5) is 13.6. The second kappa shape index (κ2) is 6.74. The molecular formula is C12H17BrN2O2. The number of benzene rings is 1. The monoisotopic (exact) mass is 300 g/mol. The molecule has 0 atom stereocenters. The van der Waals surface area contributed by atoms with Crippen LogP contribution in [0.25, 0.3) is 0 Å². The predicted octanol–water partition coefficient (Wildman–Crippen LogP) is 1.83. The number of hydrogen-bond acceptors (Lipinski definition) is 3. The molecule has 0 heterocycles. The molecule has 0 saturated heterocycles. The van der Waals surface area contributed by atoms with Crippen molar-refractivity contribution in [3.63, 3.8) is 0 Å². The van der Waals surface area contributed by atoms with E-state index in [4.69, 9.17) is 0 Å². The zero-order valence-electron chi connectivity index (χ0n) is 10.0. The fraction of sp³-hybridized carbons (Fsp3) is 0.417. The van der Waals surface area contributed by atoms with E-state index in [0.717, 1.165) is 4.47 Å². The van der Waals surface area contributed by atoms with Crippen LogP contribution in [-0.4, -0.2) is 36.6 Å². The number of amides is 1. The van der Waals surface area contributed by atoms with Crippen LogP contribution in [0.15, 0.2) is 22.7 Å². The van der Waals surface area contributed by atoms with Crippen molar-refractivity contribution in [2.45, 2.75) is 13.0 Å². The van der Waals surface area contributed by atoms with E-state index in [1.807, 2.05) is 25.1 Å². The van der Waals surface area contributed by atoms with Gasteiger partial charge in [0.1, 0.15) is 0 Å². The van der Waals surface area contributed by atoms with E-state index in [1.165, 1.54) is 0 Å². The summed E-state index contributed by atoms with van der Waals surface area (Å²) in [5, 5.41) is 12.0. The van der Waals surface area contributed by atoms with E-state index in [-0.39, 0.29) is 12.5 Å². The number of nitrogens with one attached hydrogen (secondary N) is 1. The van der Waals surface area contributed by atoms with E-state index >= 15 is 0 Å². The second-order valence-electron chi connectivity index (χ2n) is 4.06. The van der Waals surface area contributed by atoms with Crippen molar-refractivity contribution in [3.8, 4) is 0 Å². The summed E-state index contributed by atoms with van der Waals surface area (Å²) < 4.78 is 0.882. The molecule has 0 spiro atoms. The number of aliphatic hydroxyl groups excluding tert-OH is 1. The van der Waals surface area contributed by atoms with Crippen LogP contribution in [0.5, 0.6) is 0 Å². The van der Waals surface area contributed by atoms with Crippen LogP contribution >= 0.6 is 15.9 Å². The molecule has 94 valence electrons. The Balaban J connectivity index is 2.64. The van der Waals surface area contributed by atoms with E-state index in [1.54, 1.807) is 12.1 Å². The molecule has 17 heavy (non-hydrogen) atoms. The number of nitrogens with zero attached hydrogens (tertiary/aromatic N) is 1. The Kier molecular flexibility index (Phi) is 5.61. The Bertz CT molecular complexity index is 394. The highest BCUT2D eigenvalue weighted by atomic mass is 79.9. The predicted molar refractivity (Wildman–Crippen MR) is 71.9 cm³/mol. The molecule has 5 heteroatoms. The standard InChI is InChI=1S/C12H17BrN2O2/c1-15(2)6-5-12(17)14-11-4-3-10(13)7-9(11)8-16/h3-4,7,16H,5-6,8H2,1-2H3,(H,14,17). The van der Waals surface area contributed by atoms with E-state index in [0.29, 0.717) is 24.2 Å². The lowest BCUT2D eigenvalue weighted by atomic mass is 10.2.